The molecule has 0 spiro atoms. The second-order valence-electron chi connectivity index (χ2n) is 12.9. The molecule has 42 heavy (non-hydrogen) atoms. The first-order valence-electron chi connectivity index (χ1n) is 16.0. The smallest absolute Gasteiger partial charge is 0.274 e. The van der Waals surface area contributed by atoms with E-state index < -0.39 is 0 Å². The summed E-state index contributed by atoms with van der Waals surface area (Å²) < 4.78 is 4.45. The predicted molar refractivity (Wildman–Crippen MR) is 167 cm³/mol. The number of likely N-dealkylation sites (tertiary alicyclic amines) is 1. The zero-order chi connectivity index (χ0) is 28.8. The number of fused-ring (bicyclic) bond motifs is 3. The fraction of sp³-hybridized carbons (Fsp3) is 0.514. The minimum Gasteiger partial charge on any atom is -0.337 e. The van der Waals surface area contributed by atoms with Crippen LogP contribution in [0.2, 0.25) is 0 Å². The lowest BCUT2D eigenvalue weighted by molar-refractivity contribution is 0.0601. The summed E-state index contributed by atoms with van der Waals surface area (Å²) >= 11 is 0. The average Bonchev–Trinajstić information content (AvgIpc) is 3.64. The maximum absolute atomic E-state index is 13.4. The zero-order valence-electron chi connectivity index (χ0n) is 25.4. The molecule has 3 fully saturated rings. The second-order valence-corrected chi connectivity index (χ2v) is 12.9. The van der Waals surface area contributed by atoms with Gasteiger partial charge >= 0.3 is 0 Å². The molecule has 3 aliphatic rings. The molecule has 0 N–H and O–H groups in total. The van der Waals surface area contributed by atoms with Crippen molar-refractivity contribution in [3.05, 3.63) is 83.4 Å². The first kappa shape index (κ1) is 27.4. The predicted octanol–water partition coefficient (Wildman–Crippen LogP) is 6.30. The van der Waals surface area contributed by atoms with E-state index in [1.165, 1.54) is 36.8 Å². The minimum atomic E-state index is 0.0781. The third-order valence-corrected chi connectivity index (χ3v) is 10.7. The number of benzene rings is 2. The van der Waals surface area contributed by atoms with Crippen LogP contribution in [-0.4, -0.2) is 66.8 Å². The first-order chi connectivity index (χ1) is 20.5. The molecular weight excluding hydrogens is 520 g/mol. The van der Waals surface area contributed by atoms with E-state index in [0.29, 0.717) is 23.8 Å². The van der Waals surface area contributed by atoms with E-state index in [0.717, 1.165) is 62.5 Å². The van der Waals surface area contributed by atoms with E-state index >= 15 is 0 Å². The van der Waals surface area contributed by atoms with E-state index in [4.69, 9.17) is 4.98 Å². The van der Waals surface area contributed by atoms with E-state index in [1.54, 1.807) is 0 Å². The highest BCUT2D eigenvalue weighted by atomic mass is 16.2. The Labute approximate surface area is 249 Å². The van der Waals surface area contributed by atoms with Crippen molar-refractivity contribution in [3.8, 4) is 0 Å². The molecule has 3 atom stereocenters. The molecule has 5 heterocycles. The van der Waals surface area contributed by atoms with Gasteiger partial charge < -0.3 is 9.47 Å². The number of aryl methyl sites for hydroxylation is 3. The monoisotopic (exact) mass is 564 g/mol. The summed E-state index contributed by atoms with van der Waals surface area (Å²) in [6.07, 6.45) is 8.18. The minimum absolute atomic E-state index is 0.0781. The molecule has 2 aromatic carbocycles. The first-order valence-corrected chi connectivity index (χ1v) is 16.0. The number of hydrogen-bond donors (Lipinski definition) is 0. The van der Waals surface area contributed by atoms with E-state index in [-0.39, 0.29) is 11.3 Å². The molecule has 0 aliphatic carbocycles. The number of carbonyl (C=O) groups excluding carboxylic acids is 1. The number of aromatic nitrogens is 4. The number of carbonyl (C=O) groups is 1. The molecule has 3 saturated heterocycles. The molecule has 7 nitrogen and oxygen atoms in total. The lowest BCUT2D eigenvalue weighted by atomic mass is 9.70. The highest BCUT2D eigenvalue weighted by Gasteiger charge is 2.44. The summed E-state index contributed by atoms with van der Waals surface area (Å²) in [5, 5.41) is 4.58. The van der Waals surface area contributed by atoms with Crippen molar-refractivity contribution in [2.45, 2.75) is 95.8 Å². The standard InChI is InChI=1S/C35H44N6O/c1-4-40-25(2)22-32(37-40)34(42)38-19-16-35(17-20-38,27-10-6-5-7-11-27)18-21-39-28-14-15-29(39)24-30(23-28)41-26(3)36-31-12-8-9-13-33(31)41/h5-13,22,28-30H,4,14-21,23-24H2,1-3H3/t28-,29+,30?. The van der Waals surface area contributed by atoms with Crippen LogP contribution in [-0.2, 0) is 12.0 Å². The Morgan fingerprint density at radius 3 is 2.31 bits per heavy atom. The Bertz CT molecular complexity index is 1550. The van der Waals surface area contributed by atoms with Gasteiger partial charge in [-0.3, -0.25) is 14.4 Å². The van der Waals surface area contributed by atoms with Gasteiger partial charge in [-0.1, -0.05) is 42.5 Å². The Hall–Kier alpha value is -3.45. The van der Waals surface area contributed by atoms with Gasteiger partial charge in [-0.25, -0.2) is 4.98 Å². The summed E-state index contributed by atoms with van der Waals surface area (Å²) in [6.45, 7) is 9.76. The van der Waals surface area contributed by atoms with Crippen LogP contribution in [0.3, 0.4) is 0 Å². The lowest BCUT2D eigenvalue weighted by Crippen LogP contribution is -2.49. The van der Waals surface area contributed by atoms with Crippen LogP contribution < -0.4 is 0 Å². The van der Waals surface area contributed by atoms with Crippen molar-refractivity contribution in [2.24, 2.45) is 0 Å². The number of amides is 1. The van der Waals surface area contributed by atoms with Gasteiger partial charge in [0.25, 0.3) is 5.91 Å². The van der Waals surface area contributed by atoms with Crippen molar-refractivity contribution < 1.29 is 4.79 Å². The molecule has 1 unspecified atom stereocenters. The summed E-state index contributed by atoms with van der Waals surface area (Å²) in [5.41, 5.74) is 5.57. The summed E-state index contributed by atoms with van der Waals surface area (Å²) in [5.74, 6) is 1.23. The van der Waals surface area contributed by atoms with Crippen LogP contribution in [0, 0.1) is 13.8 Å². The van der Waals surface area contributed by atoms with Crippen LogP contribution in [0.1, 0.15) is 85.5 Å². The lowest BCUT2D eigenvalue weighted by Gasteiger charge is -2.45. The van der Waals surface area contributed by atoms with Gasteiger partial charge in [0.15, 0.2) is 5.69 Å². The van der Waals surface area contributed by atoms with Crippen molar-refractivity contribution in [1.29, 1.82) is 0 Å². The number of rotatable bonds is 7. The molecule has 2 aromatic heterocycles. The number of hydrogen-bond acceptors (Lipinski definition) is 4. The third kappa shape index (κ3) is 4.76. The highest BCUT2D eigenvalue weighted by Crippen LogP contribution is 2.45. The molecule has 0 saturated carbocycles. The van der Waals surface area contributed by atoms with Crippen molar-refractivity contribution in [1.82, 2.24) is 29.1 Å². The molecule has 4 aromatic rings. The molecule has 0 radical (unpaired) electrons. The summed E-state index contributed by atoms with van der Waals surface area (Å²) in [4.78, 5) is 23.2. The van der Waals surface area contributed by atoms with Gasteiger partial charge in [-0.15, -0.1) is 0 Å². The van der Waals surface area contributed by atoms with E-state index in [2.05, 4.69) is 83.0 Å². The van der Waals surface area contributed by atoms with Crippen molar-refractivity contribution >= 4 is 16.9 Å². The largest absolute Gasteiger partial charge is 0.337 e. The SMILES string of the molecule is CCn1nc(C(=O)N2CCC(CCN3[C@@H]4CC[C@H]3CC(n3c(C)nc5ccccc53)C4)(c3ccccc3)CC2)cc1C. The Balaban J connectivity index is 1.06. The van der Waals surface area contributed by atoms with Crippen molar-refractivity contribution in [3.63, 3.8) is 0 Å². The summed E-state index contributed by atoms with van der Waals surface area (Å²) in [7, 11) is 0. The number of para-hydroxylation sites is 2. The molecule has 220 valence electrons. The number of imidazole rings is 1. The molecule has 3 aliphatic heterocycles. The molecule has 2 bridgehead atoms. The van der Waals surface area contributed by atoms with Gasteiger partial charge in [0, 0.05) is 43.5 Å². The van der Waals surface area contributed by atoms with E-state index in [9.17, 15) is 4.79 Å². The van der Waals surface area contributed by atoms with Crippen LogP contribution in [0.4, 0.5) is 0 Å². The maximum atomic E-state index is 13.4. The van der Waals surface area contributed by atoms with Gasteiger partial charge in [-0.05, 0) is 101 Å². The van der Waals surface area contributed by atoms with Crippen LogP contribution in [0.5, 0.6) is 0 Å². The Morgan fingerprint density at radius 1 is 0.929 bits per heavy atom. The van der Waals surface area contributed by atoms with Gasteiger partial charge in [0.05, 0.1) is 11.0 Å². The van der Waals surface area contributed by atoms with Crippen LogP contribution >= 0.6 is 0 Å². The summed E-state index contributed by atoms with van der Waals surface area (Å²) in [6, 6.07) is 23.5. The van der Waals surface area contributed by atoms with Gasteiger partial charge in [-0.2, -0.15) is 5.10 Å². The van der Waals surface area contributed by atoms with Crippen LogP contribution in [0.25, 0.3) is 11.0 Å². The van der Waals surface area contributed by atoms with E-state index in [1.807, 2.05) is 22.6 Å². The fourth-order valence-electron chi connectivity index (χ4n) is 8.50. The maximum Gasteiger partial charge on any atom is 0.274 e. The average molecular weight is 565 g/mol. The Kier molecular flexibility index (Phi) is 7.17. The molecule has 7 rings (SSSR count). The van der Waals surface area contributed by atoms with Crippen molar-refractivity contribution in [2.75, 3.05) is 19.6 Å². The quantitative estimate of drug-likeness (QED) is 0.264. The third-order valence-electron chi connectivity index (χ3n) is 10.7. The highest BCUT2D eigenvalue weighted by molar-refractivity contribution is 5.92. The number of piperidine rings is 2. The van der Waals surface area contributed by atoms with Gasteiger partial charge in [0.2, 0.25) is 0 Å². The zero-order valence-corrected chi connectivity index (χ0v) is 25.4. The van der Waals surface area contributed by atoms with Gasteiger partial charge in [0.1, 0.15) is 5.82 Å². The fourth-order valence-corrected chi connectivity index (χ4v) is 8.50. The molecule has 7 heteroatoms. The molecule has 1 amide bonds. The second kappa shape index (κ2) is 11.0. The molecular formula is C35H44N6O. The van der Waals surface area contributed by atoms with Crippen LogP contribution in [0.15, 0.2) is 60.7 Å². The topological polar surface area (TPSA) is 59.2 Å². The normalized spacial score (nSPS) is 24.0. The Morgan fingerprint density at radius 2 is 1.62 bits per heavy atom. The number of nitrogens with zero attached hydrogens (tertiary/aromatic N) is 6.